The van der Waals surface area contributed by atoms with Crippen molar-refractivity contribution in [2.75, 3.05) is 0 Å². The number of carboxylic acids is 1. The molecule has 2 aromatic carbocycles. The first-order chi connectivity index (χ1) is 9.43. The molecule has 0 bridgehead atoms. The Morgan fingerprint density at radius 2 is 1.70 bits per heavy atom. The molecular weight excluding hydrogens is 262 g/mol. The maximum atomic E-state index is 13.9. The highest BCUT2D eigenvalue weighted by Crippen LogP contribution is 2.30. The fourth-order valence-electron chi connectivity index (χ4n) is 2.21. The van der Waals surface area contributed by atoms with Gasteiger partial charge in [-0.1, -0.05) is 30.3 Å². The van der Waals surface area contributed by atoms with Crippen LogP contribution in [0.15, 0.2) is 48.5 Å². The van der Waals surface area contributed by atoms with E-state index in [1.807, 2.05) is 0 Å². The fourth-order valence-corrected chi connectivity index (χ4v) is 2.21. The standard InChI is InChI=1S/C16H14F2O2/c1-16(15(19)20,13-4-2-3-5-14(13)18)10-11-6-8-12(17)9-7-11/h2-9H,10H2,1H3,(H,19,20). The molecule has 0 radical (unpaired) electrons. The first-order valence-electron chi connectivity index (χ1n) is 6.16. The van der Waals surface area contributed by atoms with Crippen molar-refractivity contribution in [1.29, 1.82) is 0 Å². The van der Waals surface area contributed by atoms with Crippen LogP contribution < -0.4 is 0 Å². The van der Waals surface area contributed by atoms with Crippen LogP contribution in [0, 0.1) is 11.6 Å². The minimum absolute atomic E-state index is 0.0869. The zero-order valence-corrected chi connectivity index (χ0v) is 10.9. The number of carboxylic acid groups (broad SMARTS) is 1. The van der Waals surface area contributed by atoms with Gasteiger partial charge in [-0.3, -0.25) is 4.79 Å². The van der Waals surface area contributed by atoms with E-state index in [1.165, 1.54) is 49.4 Å². The van der Waals surface area contributed by atoms with Crippen molar-refractivity contribution >= 4 is 5.97 Å². The highest BCUT2D eigenvalue weighted by Gasteiger charge is 2.37. The molecule has 0 spiro atoms. The Hall–Kier alpha value is -2.23. The van der Waals surface area contributed by atoms with E-state index in [4.69, 9.17) is 0 Å². The average Bonchev–Trinajstić information content (AvgIpc) is 2.41. The summed E-state index contributed by atoms with van der Waals surface area (Å²) in [5.74, 6) is -2.07. The fraction of sp³-hybridized carbons (Fsp3) is 0.188. The molecule has 104 valence electrons. The second-order valence-corrected chi connectivity index (χ2v) is 4.92. The van der Waals surface area contributed by atoms with Gasteiger partial charge in [-0.25, -0.2) is 8.78 Å². The number of aliphatic carboxylic acids is 1. The lowest BCUT2D eigenvalue weighted by molar-refractivity contribution is -0.143. The van der Waals surface area contributed by atoms with Crippen LogP contribution in [-0.4, -0.2) is 11.1 Å². The first kappa shape index (κ1) is 14.2. The third-order valence-corrected chi connectivity index (χ3v) is 3.41. The maximum Gasteiger partial charge on any atom is 0.314 e. The number of hydrogen-bond donors (Lipinski definition) is 1. The SMILES string of the molecule is CC(Cc1ccc(F)cc1)(C(=O)O)c1ccccc1F. The predicted octanol–water partition coefficient (Wildman–Crippen LogP) is 3.55. The minimum Gasteiger partial charge on any atom is -0.481 e. The lowest BCUT2D eigenvalue weighted by Crippen LogP contribution is -2.35. The first-order valence-corrected chi connectivity index (χ1v) is 6.16. The zero-order valence-electron chi connectivity index (χ0n) is 10.9. The van der Waals surface area contributed by atoms with E-state index < -0.39 is 23.0 Å². The third-order valence-electron chi connectivity index (χ3n) is 3.41. The number of hydrogen-bond acceptors (Lipinski definition) is 1. The molecule has 0 saturated heterocycles. The van der Waals surface area contributed by atoms with Crippen LogP contribution >= 0.6 is 0 Å². The van der Waals surface area contributed by atoms with Gasteiger partial charge in [-0.05, 0) is 37.1 Å². The summed E-state index contributed by atoms with van der Waals surface area (Å²) in [4.78, 5) is 11.6. The van der Waals surface area contributed by atoms with Gasteiger partial charge in [0.25, 0.3) is 0 Å². The maximum absolute atomic E-state index is 13.9. The normalized spacial score (nSPS) is 13.8. The van der Waals surface area contributed by atoms with E-state index in [0.717, 1.165) is 0 Å². The van der Waals surface area contributed by atoms with Crippen LogP contribution in [0.1, 0.15) is 18.1 Å². The number of halogens is 2. The molecule has 2 aromatic rings. The lowest BCUT2D eigenvalue weighted by atomic mass is 9.77. The van der Waals surface area contributed by atoms with Crippen LogP contribution in [0.2, 0.25) is 0 Å². The molecule has 1 atom stereocenters. The van der Waals surface area contributed by atoms with Crippen LogP contribution in [-0.2, 0) is 16.6 Å². The Morgan fingerprint density at radius 3 is 2.25 bits per heavy atom. The number of carbonyl (C=O) groups is 1. The summed E-state index contributed by atoms with van der Waals surface area (Å²) in [6.07, 6.45) is 0.0869. The third kappa shape index (κ3) is 2.69. The Bertz CT molecular complexity index is 623. The molecule has 20 heavy (non-hydrogen) atoms. The monoisotopic (exact) mass is 276 g/mol. The highest BCUT2D eigenvalue weighted by molar-refractivity contribution is 5.81. The van der Waals surface area contributed by atoms with E-state index in [0.29, 0.717) is 5.56 Å². The van der Waals surface area contributed by atoms with Gasteiger partial charge in [0.1, 0.15) is 11.6 Å². The van der Waals surface area contributed by atoms with E-state index in [2.05, 4.69) is 0 Å². The Balaban J connectivity index is 2.43. The average molecular weight is 276 g/mol. The summed E-state index contributed by atoms with van der Waals surface area (Å²) in [6.45, 7) is 1.47. The van der Waals surface area contributed by atoms with Gasteiger partial charge in [0.15, 0.2) is 0 Å². The van der Waals surface area contributed by atoms with Crippen molar-refractivity contribution < 1.29 is 18.7 Å². The van der Waals surface area contributed by atoms with E-state index in [1.54, 1.807) is 6.07 Å². The van der Waals surface area contributed by atoms with Crippen LogP contribution in [0.25, 0.3) is 0 Å². The molecule has 4 heteroatoms. The van der Waals surface area contributed by atoms with Crippen molar-refractivity contribution in [2.24, 2.45) is 0 Å². The van der Waals surface area contributed by atoms with E-state index in [9.17, 15) is 18.7 Å². The predicted molar refractivity (Wildman–Crippen MR) is 71.5 cm³/mol. The molecule has 2 nitrogen and oxygen atoms in total. The summed E-state index contributed by atoms with van der Waals surface area (Å²) in [5, 5.41) is 9.49. The van der Waals surface area contributed by atoms with Gasteiger partial charge >= 0.3 is 5.97 Å². The van der Waals surface area contributed by atoms with Crippen molar-refractivity contribution in [3.63, 3.8) is 0 Å². The molecule has 0 saturated carbocycles. The van der Waals surface area contributed by atoms with Gasteiger partial charge in [-0.15, -0.1) is 0 Å². The summed E-state index contributed by atoms with van der Waals surface area (Å²) >= 11 is 0. The number of benzene rings is 2. The molecule has 0 aromatic heterocycles. The minimum atomic E-state index is -1.40. The van der Waals surface area contributed by atoms with Crippen molar-refractivity contribution in [1.82, 2.24) is 0 Å². The molecule has 1 N–H and O–H groups in total. The van der Waals surface area contributed by atoms with Gasteiger partial charge in [-0.2, -0.15) is 0 Å². The smallest absolute Gasteiger partial charge is 0.314 e. The van der Waals surface area contributed by atoms with Gasteiger partial charge in [0, 0.05) is 5.56 Å². The second kappa shape index (κ2) is 5.41. The zero-order chi connectivity index (χ0) is 14.8. The molecule has 0 aliphatic rings. The molecule has 1 unspecified atom stereocenters. The molecule has 0 aliphatic carbocycles. The van der Waals surface area contributed by atoms with Gasteiger partial charge < -0.3 is 5.11 Å². The summed E-state index contributed by atoms with van der Waals surface area (Å²) < 4.78 is 26.8. The van der Waals surface area contributed by atoms with Crippen LogP contribution in [0.5, 0.6) is 0 Å². The molecule has 0 heterocycles. The van der Waals surface area contributed by atoms with E-state index >= 15 is 0 Å². The molecule has 2 rings (SSSR count). The Morgan fingerprint density at radius 1 is 1.10 bits per heavy atom. The highest BCUT2D eigenvalue weighted by atomic mass is 19.1. The molecule has 0 fully saturated rings. The summed E-state index contributed by atoms with van der Waals surface area (Å²) in [7, 11) is 0. The summed E-state index contributed by atoms with van der Waals surface area (Å²) in [6, 6.07) is 11.4. The van der Waals surface area contributed by atoms with Crippen LogP contribution in [0.4, 0.5) is 8.78 Å². The summed E-state index contributed by atoms with van der Waals surface area (Å²) in [5.41, 5.74) is -0.639. The van der Waals surface area contributed by atoms with Crippen molar-refractivity contribution in [2.45, 2.75) is 18.8 Å². The quantitative estimate of drug-likeness (QED) is 0.927. The van der Waals surface area contributed by atoms with Gasteiger partial charge in [0.05, 0.1) is 5.41 Å². The van der Waals surface area contributed by atoms with Crippen LogP contribution in [0.3, 0.4) is 0 Å². The second-order valence-electron chi connectivity index (χ2n) is 4.92. The molecule has 0 amide bonds. The molecule has 0 aliphatic heterocycles. The van der Waals surface area contributed by atoms with E-state index in [-0.39, 0.29) is 12.0 Å². The lowest BCUT2D eigenvalue weighted by Gasteiger charge is -2.26. The largest absolute Gasteiger partial charge is 0.481 e. The molecular formula is C16H14F2O2. The topological polar surface area (TPSA) is 37.3 Å². The van der Waals surface area contributed by atoms with Crippen molar-refractivity contribution in [3.05, 3.63) is 71.3 Å². The van der Waals surface area contributed by atoms with Gasteiger partial charge in [0.2, 0.25) is 0 Å². The number of rotatable bonds is 4. The Labute approximate surface area is 115 Å². The van der Waals surface area contributed by atoms with Crippen molar-refractivity contribution in [3.8, 4) is 0 Å². The Kier molecular flexibility index (Phi) is 3.84.